The Morgan fingerprint density at radius 1 is 1.04 bits per heavy atom. The molecule has 136 valence electrons. The Bertz CT molecular complexity index is 929. The molecule has 8 nitrogen and oxygen atoms in total. The smallest absolute Gasteiger partial charge is 0.269 e. The summed E-state index contributed by atoms with van der Waals surface area (Å²) in [5.41, 5.74) is 0.434. The minimum Gasteiger partial charge on any atom is -0.310 e. The molecular weight excluding hydrogens is 358 g/mol. The molecule has 0 saturated carbocycles. The third kappa shape index (κ3) is 3.18. The van der Waals surface area contributed by atoms with Crippen molar-refractivity contribution in [3.63, 3.8) is 0 Å². The quantitative estimate of drug-likeness (QED) is 0.601. The average molecular weight is 375 g/mol. The second-order valence-electron chi connectivity index (χ2n) is 5.87. The van der Waals surface area contributed by atoms with Crippen LogP contribution in [0, 0.1) is 10.1 Å². The summed E-state index contributed by atoms with van der Waals surface area (Å²) in [7, 11) is -3.77. The molecule has 0 N–H and O–H groups in total. The zero-order valence-electron chi connectivity index (χ0n) is 14.0. The number of amides is 1. The number of nitrogens with zero attached hydrogens (tertiary/aromatic N) is 3. The van der Waals surface area contributed by atoms with Gasteiger partial charge < -0.3 is 4.90 Å². The first-order valence-electron chi connectivity index (χ1n) is 7.95. The molecule has 1 fully saturated rings. The molecule has 9 heteroatoms. The maximum absolute atomic E-state index is 12.8. The Kier molecular flexibility index (Phi) is 4.75. The lowest BCUT2D eigenvalue weighted by atomic mass is 10.2. The highest BCUT2D eigenvalue weighted by Crippen LogP contribution is 2.26. The predicted octanol–water partition coefficient (Wildman–Crippen LogP) is 2.02. The zero-order chi connectivity index (χ0) is 18.9. The summed E-state index contributed by atoms with van der Waals surface area (Å²) in [5, 5.41) is 10.7. The van der Waals surface area contributed by atoms with Crippen molar-refractivity contribution in [1.82, 2.24) is 4.31 Å². The first-order chi connectivity index (χ1) is 12.3. The molecule has 2 aromatic rings. The van der Waals surface area contributed by atoms with E-state index in [2.05, 4.69) is 0 Å². The lowest BCUT2D eigenvalue weighted by Gasteiger charge is -2.38. The van der Waals surface area contributed by atoms with Crippen LogP contribution < -0.4 is 4.90 Å². The van der Waals surface area contributed by atoms with Gasteiger partial charge in [-0.2, -0.15) is 4.31 Å². The zero-order valence-corrected chi connectivity index (χ0v) is 14.8. The van der Waals surface area contributed by atoms with E-state index in [4.69, 9.17) is 0 Å². The molecular formula is C17H17N3O5S. The fraction of sp³-hybridized carbons (Fsp3) is 0.235. The monoisotopic (exact) mass is 375 g/mol. The van der Waals surface area contributed by atoms with E-state index in [1.807, 2.05) is 0 Å². The van der Waals surface area contributed by atoms with Crippen LogP contribution in [0.3, 0.4) is 0 Å². The molecule has 1 atom stereocenters. The van der Waals surface area contributed by atoms with E-state index in [9.17, 15) is 23.3 Å². The van der Waals surface area contributed by atoms with Crippen molar-refractivity contribution >= 4 is 27.3 Å². The SMILES string of the molecule is CC1C(=O)N(c2ccc([N+](=O)[O-])cc2)CCN1S(=O)(=O)c1ccccc1. The molecule has 1 amide bonds. The van der Waals surface area contributed by atoms with Crippen molar-refractivity contribution in [1.29, 1.82) is 0 Å². The lowest BCUT2D eigenvalue weighted by molar-refractivity contribution is -0.384. The molecule has 0 aliphatic carbocycles. The van der Waals surface area contributed by atoms with Crippen LogP contribution in [0.2, 0.25) is 0 Å². The highest BCUT2D eigenvalue weighted by atomic mass is 32.2. The number of non-ortho nitro benzene ring substituents is 1. The number of hydrogen-bond donors (Lipinski definition) is 0. The molecule has 0 aromatic heterocycles. The van der Waals surface area contributed by atoms with Gasteiger partial charge in [0.05, 0.1) is 9.82 Å². The molecule has 1 aliphatic heterocycles. The second kappa shape index (κ2) is 6.85. The van der Waals surface area contributed by atoms with Gasteiger partial charge in [0.15, 0.2) is 0 Å². The van der Waals surface area contributed by atoms with Gasteiger partial charge in [-0.15, -0.1) is 0 Å². The Morgan fingerprint density at radius 2 is 1.65 bits per heavy atom. The Hall–Kier alpha value is -2.78. The third-order valence-electron chi connectivity index (χ3n) is 4.32. The van der Waals surface area contributed by atoms with Crippen molar-refractivity contribution in [2.24, 2.45) is 0 Å². The van der Waals surface area contributed by atoms with Gasteiger partial charge >= 0.3 is 0 Å². The maximum atomic E-state index is 12.8. The number of nitro benzene ring substituents is 1. The van der Waals surface area contributed by atoms with Gasteiger partial charge in [-0.1, -0.05) is 18.2 Å². The van der Waals surface area contributed by atoms with Crippen molar-refractivity contribution in [3.8, 4) is 0 Å². The van der Waals surface area contributed by atoms with E-state index in [1.54, 1.807) is 25.1 Å². The van der Waals surface area contributed by atoms with Crippen LogP contribution in [-0.4, -0.2) is 42.7 Å². The van der Waals surface area contributed by atoms with Crippen molar-refractivity contribution in [2.75, 3.05) is 18.0 Å². The van der Waals surface area contributed by atoms with Gasteiger partial charge in [0.2, 0.25) is 15.9 Å². The number of hydrogen-bond acceptors (Lipinski definition) is 5. The minimum atomic E-state index is -3.77. The largest absolute Gasteiger partial charge is 0.310 e. The van der Waals surface area contributed by atoms with Crippen LogP contribution >= 0.6 is 0 Å². The summed E-state index contributed by atoms with van der Waals surface area (Å²) in [4.78, 5) is 24.5. The number of anilines is 1. The summed E-state index contributed by atoms with van der Waals surface area (Å²) < 4.78 is 26.8. The van der Waals surface area contributed by atoms with Gasteiger partial charge in [-0.25, -0.2) is 8.42 Å². The molecule has 0 bridgehead atoms. The van der Waals surface area contributed by atoms with E-state index < -0.39 is 21.0 Å². The summed E-state index contributed by atoms with van der Waals surface area (Å²) in [5.74, 6) is -0.371. The van der Waals surface area contributed by atoms with Crippen molar-refractivity contribution in [2.45, 2.75) is 17.9 Å². The fourth-order valence-electron chi connectivity index (χ4n) is 2.92. The predicted molar refractivity (Wildman–Crippen MR) is 95.2 cm³/mol. The van der Waals surface area contributed by atoms with Crippen LogP contribution in [0.1, 0.15) is 6.92 Å². The van der Waals surface area contributed by atoms with Crippen molar-refractivity contribution in [3.05, 3.63) is 64.7 Å². The average Bonchev–Trinajstić information content (AvgIpc) is 2.64. The Morgan fingerprint density at radius 3 is 2.23 bits per heavy atom. The Balaban J connectivity index is 1.84. The molecule has 1 heterocycles. The maximum Gasteiger partial charge on any atom is 0.269 e. The minimum absolute atomic E-state index is 0.0699. The topological polar surface area (TPSA) is 101 Å². The van der Waals surface area contributed by atoms with E-state index in [-0.39, 0.29) is 29.6 Å². The summed E-state index contributed by atoms with van der Waals surface area (Å²) in [6.07, 6.45) is 0. The number of rotatable bonds is 4. The molecule has 1 saturated heterocycles. The fourth-order valence-corrected chi connectivity index (χ4v) is 4.52. The van der Waals surface area contributed by atoms with Gasteiger partial charge in [-0.3, -0.25) is 14.9 Å². The molecule has 0 radical (unpaired) electrons. The summed E-state index contributed by atoms with van der Waals surface area (Å²) in [6, 6.07) is 12.7. The first kappa shape index (κ1) is 18.0. The van der Waals surface area contributed by atoms with E-state index >= 15 is 0 Å². The van der Waals surface area contributed by atoms with Gasteiger partial charge in [0.25, 0.3) is 5.69 Å². The summed E-state index contributed by atoms with van der Waals surface area (Å²) >= 11 is 0. The van der Waals surface area contributed by atoms with E-state index in [0.29, 0.717) is 5.69 Å². The molecule has 2 aromatic carbocycles. The second-order valence-corrected chi connectivity index (χ2v) is 7.76. The van der Waals surface area contributed by atoms with Crippen molar-refractivity contribution < 1.29 is 18.1 Å². The van der Waals surface area contributed by atoms with Gasteiger partial charge in [0, 0.05) is 30.9 Å². The Labute approximate surface area is 150 Å². The summed E-state index contributed by atoms with van der Waals surface area (Å²) in [6.45, 7) is 1.86. The first-order valence-corrected chi connectivity index (χ1v) is 9.39. The number of sulfonamides is 1. The van der Waals surface area contributed by atoms with Crippen LogP contribution in [-0.2, 0) is 14.8 Å². The van der Waals surface area contributed by atoms with Gasteiger partial charge in [-0.05, 0) is 31.2 Å². The molecule has 26 heavy (non-hydrogen) atoms. The molecule has 1 aliphatic rings. The number of piperazine rings is 1. The lowest BCUT2D eigenvalue weighted by Crippen LogP contribution is -2.57. The van der Waals surface area contributed by atoms with E-state index in [1.165, 1.54) is 45.6 Å². The highest BCUT2D eigenvalue weighted by molar-refractivity contribution is 7.89. The van der Waals surface area contributed by atoms with Crippen LogP contribution in [0.5, 0.6) is 0 Å². The van der Waals surface area contributed by atoms with Crippen LogP contribution in [0.25, 0.3) is 0 Å². The standard InChI is InChI=1S/C17H17N3O5S/c1-13-17(21)18(14-7-9-15(10-8-14)20(22)23)11-12-19(13)26(24,25)16-5-3-2-4-6-16/h2-10,13H,11-12H2,1H3. The number of carbonyl (C=O) groups excluding carboxylic acids is 1. The number of carbonyl (C=O) groups is 1. The van der Waals surface area contributed by atoms with Crippen LogP contribution in [0.15, 0.2) is 59.5 Å². The third-order valence-corrected chi connectivity index (χ3v) is 6.31. The number of benzene rings is 2. The van der Waals surface area contributed by atoms with Gasteiger partial charge in [0.1, 0.15) is 6.04 Å². The highest BCUT2D eigenvalue weighted by Gasteiger charge is 2.39. The van der Waals surface area contributed by atoms with E-state index in [0.717, 1.165) is 0 Å². The normalized spacial score (nSPS) is 18.7. The molecule has 0 spiro atoms. The van der Waals surface area contributed by atoms with Crippen LogP contribution in [0.4, 0.5) is 11.4 Å². The molecule has 1 unspecified atom stereocenters. The molecule has 3 rings (SSSR count). The number of nitro groups is 1.